The standard InChI is InChI=1S/C5H5BrN2/c1-4-7-2-5(6)3-8-4/h2-3H,1H3. The van der Waals surface area contributed by atoms with Gasteiger partial charge in [0.05, 0.1) is 4.47 Å². The second-order valence-corrected chi connectivity index (χ2v) is 2.36. The maximum atomic E-state index is 3.92. The molecule has 0 bridgehead atoms. The van der Waals surface area contributed by atoms with Crippen molar-refractivity contribution < 1.29 is 0 Å². The molecule has 0 N–H and O–H groups in total. The molecular formula is C5H5BrN2. The number of halogens is 1. The van der Waals surface area contributed by atoms with Gasteiger partial charge in [0, 0.05) is 12.4 Å². The summed E-state index contributed by atoms with van der Waals surface area (Å²) in [7, 11) is 0. The lowest BCUT2D eigenvalue weighted by Gasteiger charge is -1.87. The molecule has 0 unspecified atom stereocenters. The van der Waals surface area contributed by atoms with Crippen molar-refractivity contribution in [3.05, 3.63) is 22.7 Å². The van der Waals surface area contributed by atoms with E-state index in [1.807, 2.05) is 6.92 Å². The highest BCUT2D eigenvalue weighted by Crippen LogP contribution is 2.02. The quantitative estimate of drug-likeness (QED) is 0.594. The topological polar surface area (TPSA) is 25.8 Å². The fourth-order valence-corrected chi connectivity index (χ4v) is 0.582. The van der Waals surface area contributed by atoms with Gasteiger partial charge in [0.25, 0.3) is 0 Å². The van der Waals surface area contributed by atoms with E-state index in [0.717, 1.165) is 10.3 Å². The Morgan fingerprint density at radius 1 is 1.38 bits per heavy atom. The highest BCUT2D eigenvalue weighted by atomic mass is 79.9. The van der Waals surface area contributed by atoms with Crippen LogP contribution in [0.25, 0.3) is 0 Å². The molecule has 1 heterocycles. The van der Waals surface area contributed by atoms with E-state index in [1.54, 1.807) is 12.4 Å². The number of hydrogen-bond donors (Lipinski definition) is 0. The zero-order valence-electron chi connectivity index (χ0n) is 4.43. The van der Waals surface area contributed by atoms with Crippen LogP contribution in [0.2, 0.25) is 0 Å². The molecule has 0 aromatic carbocycles. The molecule has 0 aliphatic carbocycles. The normalized spacial score (nSPS) is 9.25. The van der Waals surface area contributed by atoms with Gasteiger partial charge in [0.2, 0.25) is 0 Å². The van der Waals surface area contributed by atoms with Gasteiger partial charge in [0.1, 0.15) is 5.82 Å². The minimum absolute atomic E-state index is 0.799. The molecule has 0 radical (unpaired) electrons. The first kappa shape index (κ1) is 5.69. The second-order valence-electron chi connectivity index (χ2n) is 1.45. The van der Waals surface area contributed by atoms with Crippen LogP contribution in [0.15, 0.2) is 16.9 Å². The zero-order chi connectivity index (χ0) is 5.98. The highest BCUT2D eigenvalue weighted by molar-refractivity contribution is 9.10. The molecule has 2 nitrogen and oxygen atoms in total. The molecule has 0 aliphatic rings. The molecule has 1 rings (SSSR count). The number of aromatic nitrogens is 2. The van der Waals surface area contributed by atoms with Crippen molar-refractivity contribution in [1.29, 1.82) is 0 Å². The smallest absolute Gasteiger partial charge is 0.125 e. The lowest BCUT2D eigenvalue weighted by atomic mass is 10.6. The van der Waals surface area contributed by atoms with Crippen LogP contribution in [0.1, 0.15) is 5.82 Å². The third-order valence-electron chi connectivity index (χ3n) is 0.749. The predicted octanol–water partition coefficient (Wildman–Crippen LogP) is 1.55. The van der Waals surface area contributed by atoms with E-state index in [-0.39, 0.29) is 0 Å². The van der Waals surface area contributed by atoms with E-state index in [0.29, 0.717) is 0 Å². The van der Waals surface area contributed by atoms with Crippen molar-refractivity contribution in [2.24, 2.45) is 0 Å². The van der Waals surface area contributed by atoms with Gasteiger partial charge in [-0.05, 0) is 22.9 Å². The van der Waals surface area contributed by atoms with Crippen LogP contribution in [-0.4, -0.2) is 9.97 Å². The summed E-state index contributed by atoms with van der Waals surface area (Å²) >= 11 is 3.22. The minimum Gasteiger partial charge on any atom is -0.241 e. The first-order chi connectivity index (χ1) is 3.79. The lowest BCUT2D eigenvalue weighted by molar-refractivity contribution is 1.04. The van der Waals surface area contributed by atoms with Crippen molar-refractivity contribution in [2.45, 2.75) is 6.92 Å². The van der Waals surface area contributed by atoms with Gasteiger partial charge in [-0.1, -0.05) is 0 Å². The van der Waals surface area contributed by atoms with Crippen molar-refractivity contribution in [3.8, 4) is 0 Å². The minimum atomic E-state index is 0.799. The molecule has 3 heteroatoms. The molecular weight excluding hydrogens is 168 g/mol. The molecule has 0 spiro atoms. The number of hydrogen-bond acceptors (Lipinski definition) is 2. The summed E-state index contributed by atoms with van der Waals surface area (Å²) in [5, 5.41) is 0. The predicted molar refractivity (Wildman–Crippen MR) is 34.5 cm³/mol. The Kier molecular flexibility index (Phi) is 1.58. The average Bonchev–Trinajstić information content (AvgIpc) is 1.77. The van der Waals surface area contributed by atoms with Gasteiger partial charge < -0.3 is 0 Å². The Labute approximate surface area is 56.1 Å². The van der Waals surface area contributed by atoms with Gasteiger partial charge in [-0.2, -0.15) is 0 Å². The molecule has 0 amide bonds. The van der Waals surface area contributed by atoms with Crippen LogP contribution in [0.3, 0.4) is 0 Å². The van der Waals surface area contributed by atoms with E-state index >= 15 is 0 Å². The van der Waals surface area contributed by atoms with E-state index in [1.165, 1.54) is 0 Å². The first-order valence-corrected chi connectivity index (χ1v) is 3.02. The Balaban J connectivity index is 3.03. The van der Waals surface area contributed by atoms with Crippen molar-refractivity contribution in [1.82, 2.24) is 9.97 Å². The Bertz CT molecular complexity index is 149. The number of aryl methyl sites for hydroxylation is 1. The van der Waals surface area contributed by atoms with Crippen LogP contribution in [0, 0.1) is 6.92 Å². The second kappa shape index (κ2) is 2.22. The molecule has 0 fully saturated rings. The van der Waals surface area contributed by atoms with Crippen molar-refractivity contribution in [3.63, 3.8) is 0 Å². The summed E-state index contributed by atoms with van der Waals surface area (Å²) in [4.78, 5) is 7.84. The zero-order valence-corrected chi connectivity index (χ0v) is 6.01. The fourth-order valence-electron chi connectivity index (χ4n) is 0.377. The van der Waals surface area contributed by atoms with E-state index in [2.05, 4.69) is 25.9 Å². The average molecular weight is 173 g/mol. The Morgan fingerprint density at radius 2 is 1.88 bits per heavy atom. The highest BCUT2D eigenvalue weighted by Gasteiger charge is 1.84. The largest absolute Gasteiger partial charge is 0.241 e. The van der Waals surface area contributed by atoms with Gasteiger partial charge in [-0.25, -0.2) is 9.97 Å². The third kappa shape index (κ3) is 1.26. The fraction of sp³-hybridized carbons (Fsp3) is 0.200. The molecule has 0 atom stereocenters. The number of rotatable bonds is 0. The van der Waals surface area contributed by atoms with Gasteiger partial charge in [0.15, 0.2) is 0 Å². The maximum Gasteiger partial charge on any atom is 0.125 e. The molecule has 8 heavy (non-hydrogen) atoms. The first-order valence-electron chi connectivity index (χ1n) is 2.23. The summed E-state index contributed by atoms with van der Waals surface area (Å²) in [5.74, 6) is 0.799. The van der Waals surface area contributed by atoms with E-state index in [9.17, 15) is 0 Å². The lowest BCUT2D eigenvalue weighted by Crippen LogP contribution is -1.82. The number of nitrogens with zero attached hydrogens (tertiary/aromatic N) is 2. The summed E-state index contributed by atoms with van der Waals surface area (Å²) in [5.41, 5.74) is 0. The SMILES string of the molecule is Cc1ncc(Br)cn1. The van der Waals surface area contributed by atoms with Gasteiger partial charge in [-0.15, -0.1) is 0 Å². The molecule has 0 aliphatic heterocycles. The maximum absolute atomic E-state index is 3.92. The molecule has 0 saturated heterocycles. The molecule has 42 valence electrons. The summed E-state index contributed by atoms with van der Waals surface area (Å²) in [6, 6.07) is 0. The third-order valence-corrected chi connectivity index (χ3v) is 1.16. The van der Waals surface area contributed by atoms with Crippen LogP contribution in [0.4, 0.5) is 0 Å². The van der Waals surface area contributed by atoms with Crippen molar-refractivity contribution >= 4 is 15.9 Å². The van der Waals surface area contributed by atoms with Crippen LogP contribution < -0.4 is 0 Å². The van der Waals surface area contributed by atoms with Crippen LogP contribution in [0.5, 0.6) is 0 Å². The summed E-state index contributed by atoms with van der Waals surface area (Å²) in [6.45, 7) is 1.85. The molecule has 1 aromatic heterocycles. The van der Waals surface area contributed by atoms with Crippen LogP contribution in [-0.2, 0) is 0 Å². The molecule has 1 aromatic rings. The summed E-state index contributed by atoms with van der Waals surface area (Å²) in [6.07, 6.45) is 3.45. The van der Waals surface area contributed by atoms with E-state index in [4.69, 9.17) is 0 Å². The van der Waals surface area contributed by atoms with E-state index < -0.39 is 0 Å². The van der Waals surface area contributed by atoms with Gasteiger partial charge >= 0.3 is 0 Å². The Morgan fingerprint density at radius 3 is 2.25 bits per heavy atom. The monoisotopic (exact) mass is 172 g/mol. The van der Waals surface area contributed by atoms with Crippen LogP contribution >= 0.6 is 15.9 Å². The van der Waals surface area contributed by atoms with Gasteiger partial charge in [-0.3, -0.25) is 0 Å². The van der Waals surface area contributed by atoms with Crippen molar-refractivity contribution in [2.75, 3.05) is 0 Å². The summed E-state index contributed by atoms with van der Waals surface area (Å²) < 4.78 is 0.920. The Hall–Kier alpha value is -0.440. The molecule has 0 saturated carbocycles.